The average molecular weight is 304 g/mol. The third-order valence-electron chi connectivity index (χ3n) is 5.51. The second kappa shape index (κ2) is 5.38. The topological polar surface area (TPSA) is 36.3 Å². The fourth-order valence-electron chi connectivity index (χ4n) is 3.41. The van der Waals surface area contributed by atoms with Crippen LogP contribution in [0.25, 0.3) is 0 Å². The fraction of sp³-hybridized carbons (Fsp3) is 0.824. The Balaban J connectivity index is 1.91. The van der Waals surface area contributed by atoms with Gasteiger partial charge in [-0.2, -0.15) is 0 Å². The van der Waals surface area contributed by atoms with Crippen molar-refractivity contribution in [2.45, 2.75) is 90.4 Å². The smallest absolute Gasteiger partial charge is 0.398 e. The van der Waals surface area contributed by atoms with Crippen LogP contribution in [-0.4, -0.2) is 27.9 Å². The molecule has 5 heteroatoms. The second-order valence-corrected chi connectivity index (χ2v) is 8.11. The molecule has 2 fully saturated rings. The van der Waals surface area contributed by atoms with Gasteiger partial charge < -0.3 is 13.9 Å². The summed E-state index contributed by atoms with van der Waals surface area (Å²) in [6.45, 7) is 12.8. The Morgan fingerprint density at radius 1 is 1.14 bits per heavy atom. The summed E-state index contributed by atoms with van der Waals surface area (Å²) < 4.78 is 14.7. The molecule has 0 N–H and O–H groups in total. The molecule has 0 radical (unpaired) electrons. The molecule has 122 valence electrons. The Kier molecular flexibility index (Phi) is 3.93. The van der Waals surface area contributed by atoms with Crippen LogP contribution in [-0.2, 0) is 9.31 Å². The summed E-state index contributed by atoms with van der Waals surface area (Å²) in [7, 11) is -0.356. The van der Waals surface area contributed by atoms with Crippen LogP contribution < -0.4 is 5.59 Å². The minimum atomic E-state index is -0.356. The molecule has 0 amide bonds. The molecule has 3 rings (SSSR count). The first-order chi connectivity index (χ1) is 10.2. The van der Waals surface area contributed by atoms with E-state index in [0.717, 1.165) is 11.4 Å². The monoisotopic (exact) mass is 304 g/mol. The lowest BCUT2D eigenvalue weighted by Gasteiger charge is -2.32. The van der Waals surface area contributed by atoms with Crippen molar-refractivity contribution < 1.29 is 9.31 Å². The quantitative estimate of drug-likeness (QED) is 0.803. The van der Waals surface area contributed by atoms with Crippen LogP contribution in [0.2, 0.25) is 0 Å². The Morgan fingerprint density at radius 2 is 1.68 bits per heavy atom. The number of rotatable bonds is 3. The molecule has 1 saturated carbocycles. The van der Waals surface area contributed by atoms with Crippen LogP contribution in [0, 0.1) is 0 Å². The van der Waals surface area contributed by atoms with Crippen LogP contribution in [0.15, 0.2) is 6.20 Å². The molecule has 1 aromatic heterocycles. The van der Waals surface area contributed by atoms with Crippen molar-refractivity contribution in [3.8, 4) is 0 Å². The number of hydrogen-bond acceptors (Lipinski definition) is 3. The lowest BCUT2D eigenvalue weighted by molar-refractivity contribution is 0.00578. The van der Waals surface area contributed by atoms with Gasteiger partial charge in [-0.1, -0.05) is 26.7 Å². The van der Waals surface area contributed by atoms with Crippen LogP contribution in [0.4, 0.5) is 0 Å². The minimum absolute atomic E-state index is 0.313. The number of nitrogens with zero attached hydrogens (tertiary/aromatic N) is 2. The molecular formula is C17H29BN2O2. The number of aromatic nitrogens is 2. The first kappa shape index (κ1) is 16.1. The van der Waals surface area contributed by atoms with Gasteiger partial charge in [0.2, 0.25) is 0 Å². The normalized spacial score (nSPS) is 24.6. The Hall–Kier alpha value is -0.805. The molecule has 1 aromatic rings. The zero-order valence-corrected chi connectivity index (χ0v) is 14.8. The van der Waals surface area contributed by atoms with E-state index >= 15 is 0 Å². The molecule has 2 aliphatic rings. The molecule has 1 aliphatic heterocycles. The van der Waals surface area contributed by atoms with Gasteiger partial charge in [-0.3, -0.25) is 0 Å². The highest BCUT2D eigenvalue weighted by Crippen LogP contribution is 2.37. The lowest BCUT2D eigenvalue weighted by Crippen LogP contribution is -2.41. The summed E-state index contributed by atoms with van der Waals surface area (Å²) in [5.74, 6) is 1.58. The SMILES string of the molecule is CC(C)c1nc(B2OC(C)(C)C(C)(C)O2)cn1C1CCCC1. The van der Waals surface area contributed by atoms with Crippen molar-refractivity contribution in [3.63, 3.8) is 0 Å². The van der Waals surface area contributed by atoms with E-state index < -0.39 is 0 Å². The lowest BCUT2D eigenvalue weighted by atomic mass is 9.85. The maximum atomic E-state index is 6.16. The Labute approximate surface area is 134 Å². The van der Waals surface area contributed by atoms with E-state index in [-0.39, 0.29) is 18.3 Å². The summed E-state index contributed by atoms with van der Waals surface area (Å²) in [6, 6.07) is 0.598. The number of hydrogen-bond donors (Lipinski definition) is 0. The van der Waals surface area contributed by atoms with Crippen molar-refractivity contribution in [3.05, 3.63) is 12.0 Å². The molecule has 0 aromatic carbocycles. The van der Waals surface area contributed by atoms with E-state index in [4.69, 9.17) is 14.3 Å². The maximum absolute atomic E-state index is 6.16. The highest BCUT2D eigenvalue weighted by molar-refractivity contribution is 6.61. The highest BCUT2D eigenvalue weighted by Gasteiger charge is 2.52. The summed E-state index contributed by atoms with van der Waals surface area (Å²) in [5, 5.41) is 0. The first-order valence-electron chi connectivity index (χ1n) is 8.65. The summed E-state index contributed by atoms with van der Waals surface area (Å²) in [6.07, 6.45) is 7.35. The Morgan fingerprint density at radius 3 is 2.18 bits per heavy atom. The molecular weight excluding hydrogens is 275 g/mol. The molecule has 0 spiro atoms. The molecule has 0 unspecified atom stereocenters. The van der Waals surface area contributed by atoms with Crippen molar-refractivity contribution >= 4 is 12.7 Å². The van der Waals surface area contributed by atoms with Crippen LogP contribution in [0.1, 0.15) is 85.0 Å². The van der Waals surface area contributed by atoms with Gasteiger partial charge in [0.15, 0.2) is 0 Å². The molecule has 1 aliphatic carbocycles. The summed E-state index contributed by atoms with van der Waals surface area (Å²) in [5.41, 5.74) is 0.300. The molecule has 4 nitrogen and oxygen atoms in total. The molecule has 2 heterocycles. The molecule has 22 heavy (non-hydrogen) atoms. The van der Waals surface area contributed by atoms with Crippen molar-refractivity contribution in [1.29, 1.82) is 0 Å². The minimum Gasteiger partial charge on any atom is -0.398 e. The van der Waals surface area contributed by atoms with E-state index in [1.807, 2.05) is 0 Å². The summed E-state index contributed by atoms with van der Waals surface area (Å²) >= 11 is 0. The largest absolute Gasteiger partial charge is 0.516 e. The first-order valence-corrected chi connectivity index (χ1v) is 8.65. The van der Waals surface area contributed by atoms with Gasteiger partial charge in [-0.05, 0) is 40.5 Å². The highest BCUT2D eigenvalue weighted by atomic mass is 16.7. The molecule has 1 saturated heterocycles. The second-order valence-electron chi connectivity index (χ2n) is 8.11. The third-order valence-corrected chi connectivity index (χ3v) is 5.51. The zero-order chi connectivity index (χ0) is 16.1. The van der Waals surface area contributed by atoms with Crippen molar-refractivity contribution in [2.75, 3.05) is 0 Å². The van der Waals surface area contributed by atoms with E-state index in [9.17, 15) is 0 Å². The van der Waals surface area contributed by atoms with Gasteiger partial charge in [-0.25, -0.2) is 4.98 Å². The Bertz CT molecular complexity index is 529. The zero-order valence-electron chi connectivity index (χ0n) is 14.8. The van der Waals surface area contributed by atoms with Crippen molar-refractivity contribution in [1.82, 2.24) is 9.55 Å². The van der Waals surface area contributed by atoms with E-state index in [0.29, 0.717) is 12.0 Å². The molecule has 0 atom stereocenters. The van der Waals surface area contributed by atoms with Crippen LogP contribution in [0.3, 0.4) is 0 Å². The van der Waals surface area contributed by atoms with E-state index in [1.54, 1.807) is 0 Å². The van der Waals surface area contributed by atoms with E-state index in [2.05, 4.69) is 52.3 Å². The predicted molar refractivity (Wildman–Crippen MR) is 89.5 cm³/mol. The standard InChI is InChI=1S/C17H29BN2O2/c1-12(2)15-19-14(11-20(15)13-9-7-8-10-13)18-21-16(3,4)17(5,6)22-18/h11-13H,7-10H2,1-6H3. The average Bonchev–Trinajstić information content (AvgIpc) is 3.09. The summed E-state index contributed by atoms with van der Waals surface area (Å²) in [4.78, 5) is 4.88. The third kappa shape index (κ3) is 2.63. The van der Waals surface area contributed by atoms with Gasteiger partial charge in [0.05, 0.1) is 16.8 Å². The van der Waals surface area contributed by atoms with Crippen LogP contribution in [0.5, 0.6) is 0 Å². The van der Waals surface area contributed by atoms with Crippen LogP contribution >= 0.6 is 0 Å². The van der Waals surface area contributed by atoms with E-state index in [1.165, 1.54) is 25.7 Å². The van der Waals surface area contributed by atoms with Gasteiger partial charge >= 0.3 is 7.12 Å². The molecule has 0 bridgehead atoms. The van der Waals surface area contributed by atoms with Crippen molar-refractivity contribution in [2.24, 2.45) is 0 Å². The maximum Gasteiger partial charge on any atom is 0.516 e. The number of imidazole rings is 1. The fourth-order valence-corrected chi connectivity index (χ4v) is 3.41. The van der Waals surface area contributed by atoms with Gasteiger partial charge in [0.1, 0.15) is 5.82 Å². The van der Waals surface area contributed by atoms with Gasteiger partial charge in [0.25, 0.3) is 0 Å². The predicted octanol–water partition coefficient (Wildman–Crippen LogP) is 3.42. The van der Waals surface area contributed by atoms with Gasteiger partial charge in [-0.15, -0.1) is 0 Å². The van der Waals surface area contributed by atoms with Gasteiger partial charge in [0, 0.05) is 18.2 Å².